The van der Waals surface area contributed by atoms with Gasteiger partial charge in [-0.25, -0.2) is 4.79 Å². The predicted molar refractivity (Wildman–Crippen MR) is 196 cm³/mol. The Bertz CT molecular complexity index is 1410. The van der Waals surface area contributed by atoms with Crippen LogP contribution in [-0.2, 0) is 47.7 Å². The maximum atomic E-state index is 14.1. The van der Waals surface area contributed by atoms with Crippen LogP contribution >= 0.6 is 0 Å². The van der Waals surface area contributed by atoms with Crippen LogP contribution in [0.2, 0.25) is 0 Å². The summed E-state index contributed by atoms with van der Waals surface area (Å²) in [6.07, 6.45) is 8.99. The highest BCUT2D eigenvalue weighted by Crippen LogP contribution is 2.60. The van der Waals surface area contributed by atoms with E-state index in [9.17, 15) is 24.0 Å². The molecule has 2 saturated heterocycles. The number of fused-ring (bicyclic) bond motifs is 3. The first-order valence-electron chi connectivity index (χ1n) is 19.5. The molecule has 4 aliphatic carbocycles. The average molecular weight is 746 g/mol. The standard InChI is InChI=1S/C40H63N3O10/c1-25(2)10-11-29-37(7,53-29)32-31(49-8)27(12-13-40(32)24-52-40)43-35(48)39-17-14-38(15-18-39,16-19-39)34(47)41-20-9-21-51-33(46)26(3)42-30(45)23-50-22-28(44)36(4,5)6/h10,26-27,29,31-32H,9,11-24H2,1-8H3,(H,41,47)(H,42,45)(H,43,48)/t26-,27+,29+,31+,32+,37-,38?,39?,40-/m0/s1. The summed E-state index contributed by atoms with van der Waals surface area (Å²) in [5.74, 6) is -1.15. The quantitative estimate of drug-likeness (QED) is 0.0863. The molecule has 53 heavy (non-hydrogen) atoms. The second-order valence-corrected chi connectivity index (χ2v) is 17.8. The SMILES string of the molecule is CO[C@@H]1[C@H](NC(=O)C23CCC(C(=O)NCCCOC(=O)[C@H](C)NC(=O)COCC(=O)C(C)(C)C)(CC2)CC3)CC[C@]2(CO2)[C@H]1[C@@]1(C)O[C@@H]1CC=C(C)C. The minimum atomic E-state index is -0.885. The number of amides is 3. The number of allylic oxidation sites excluding steroid dienone is 1. The van der Waals surface area contributed by atoms with E-state index in [-0.39, 0.29) is 72.8 Å². The molecule has 0 radical (unpaired) electrons. The summed E-state index contributed by atoms with van der Waals surface area (Å²) < 4.78 is 29.1. The molecule has 2 bridgehead atoms. The highest BCUT2D eigenvalue weighted by Gasteiger charge is 2.72. The van der Waals surface area contributed by atoms with Crippen molar-refractivity contribution in [3.05, 3.63) is 11.6 Å². The van der Waals surface area contributed by atoms with E-state index in [4.69, 9.17) is 23.7 Å². The van der Waals surface area contributed by atoms with Crippen molar-refractivity contribution in [2.45, 2.75) is 148 Å². The fourth-order valence-corrected chi connectivity index (χ4v) is 8.88. The number of esters is 1. The van der Waals surface area contributed by atoms with Crippen molar-refractivity contribution >= 4 is 29.5 Å². The van der Waals surface area contributed by atoms with Crippen LogP contribution in [0.15, 0.2) is 11.6 Å². The summed E-state index contributed by atoms with van der Waals surface area (Å²) in [5, 5.41) is 8.98. The van der Waals surface area contributed by atoms with Gasteiger partial charge >= 0.3 is 5.97 Å². The summed E-state index contributed by atoms with van der Waals surface area (Å²) in [5.41, 5.74) is -0.881. The van der Waals surface area contributed by atoms with E-state index >= 15 is 0 Å². The van der Waals surface area contributed by atoms with Crippen LogP contribution in [0.4, 0.5) is 0 Å². The monoisotopic (exact) mass is 745 g/mol. The molecule has 2 aliphatic heterocycles. The number of hydrogen-bond donors (Lipinski definition) is 3. The molecule has 1 spiro atoms. The highest BCUT2D eigenvalue weighted by atomic mass is 16.6. The third-order valence-electron chi connectivity index (χ3n) is 12.7. The normalized spacial score (nSPS) is 34.8. The van der Waals surface area contributed by atoms with Crippen LogP contribution in [0.5, 0.6) is 0 Å². The molecule has 6 rings (SSSR count). The minimum absolute atomic E-state index is 0.00671. The van der Waals surface area contributed by atoms with Gasteiger partial charge in [0.1, 0.15) is 24.9 Å². The summed E-state index contributed by atoms with van der Waals surface area (Å²) in [7, 11) is 1.73. The molecular weight excluding hydrogens is 682 g/mol. The average Bonchev–Trinajstić information content (AvgIpc) is 4.04. The Morgan fingerprint density at radius 2 is 1.57 bits per heavy atom. The van der Waals surface area contributed by atoms with E-state index in [2.05, 4.69) is 42.8 Å². The molecule has 0 aromatic carbocycles. The Morgan fingerprint density at radius 1 is 0.943 bits per heavy atom. The maximum absolute atomic E-state index is 14.1. The fraction of sp³-hybridized carbons (Fsp3) is 0.825. The third-order valence-corrected chi connectivity index (χ3v) is 12.7. The van der Waals surface area contributed by atoms with E-state index in [0.29, 0.717) is 58.1 Å². The Labute approximate surface area is 314 Å². The molecule has 6 aliphatic rings. The molecular formula is C40H63N3O10. The Morgan fingerprint density at radius 3 is 2.13 bits per heavy atom. The Balaban J connectivity index is 1.02. The zero-order chi connectivity index (χ0) is 38.8. The minimum Gasteiger partial charge on any atom is -0.464 e. The van der Waals surface area contributed by atoms with Crippen LogP contribution in [0.1, 0.15) is 113 Å². The first-order valence-corrected chi connectivity index (χ1v) is 19.5. The lowest BCUT2D eigenvalue weighted by Gasteiger charge is -2.52. The van der Waals surface area contributed by atoms with E-state index in [1.807, 2.05) is 0 Å². The number of epoxide rings is 2. The van der Waals surface area contributed by atoms with E-state index < -0.39 is 34.2 Å². The fourth-order valence-electron chi connectivity index (χ4n) is 8.88. The molecule has 13 heteroatoms. The second-order valence-electron chi connectivity index (χ2n) is 17.8. The van der Waals surface area contributed by atoms with Crippen molar-refractivity contribution in [3.8, 4) is 0 Å². The molecule has 7 atom stereocenters. The second kappa shape index (κ2) is 16.1. The van der Waals surface area contributed by atoms with E-state index in [1.54, 1.807) is 27.9 Å². The van der Waals surface area contributed by atoms with Crippen molar-refractivity contribution < 1.29 is 47.7 Å². The molecule has 0 aromatic heterocycles. The molecule has 3 N–H and O–H groups in total. The maximum Gasteiger partial charge on any atom is 0.328 e. The lowest BCUT2D eigenvalue weighted by atomic mass is 9.53. The van der Waals surface area contributed by atoms with Gasteiger partial charge in [-0.05, 0) is 91.9 Å². The molecule has 4 saturated carbocycles. The molecule has 298 valence electrons. The molecule has 0 unspecified atom stereocenters. The summed E-state index contributed by atoms with van der Waals surface area (Å²) >= 11 is 0. The Kier molecular flexibility index (Phi) is 12.5. The summed E-state index contributed by atoms with van der Waals surface area (Å²) in [6.45, 7) is 13.8. The lowest BCUT2D eigenvalue weighted by Crippen LogP contribution is -2.62. The van der Waals surface area contributed by atoms with Crippen LogP contribution in [0.3, 0.4) is 0 Å². The zero-order valence-corrected chi connectivity index (χ0v) is 33.2. The van der Waals surface area contributed by atoms with Crippen molar-refractivity contribution in [1.82, 2.24) is 16.0 Å². The molecule has 6 fully saturated rings. The van der Waals surface area contributed by atoms with Gasteiger partial charge in [-0.15, -0.1) is 0 Å². The van der Waals surface area contributed by atoms with Crippen molar-refractivity contribution in [2.75, 3.05) is 40.1 Å². The summed E-state index contributed by atoms with van der Waals surface area (Å²) in [4.78, 5) is 63.9. The van der Waals surface area contributed by atoms with Crippen molar-refractivity contribution in [3.63, 3.8) is 0 Å². The number of carbonyl (C=O) groups excluding carboxylic acids is 5. The topological polar surface area (TPSA) is 174 Å². The number of rotatable bonds is 17. The number of Topliss-reactive ketones (excluding diaryl/α,β-unsaturated/α-hetero) is 1. The van der Waals surface area contributed by atoms with Gasteiger partial charge in [0.15, 0.2) is 5.78 Å². The van der Waals surface area contributed by atoms with Gasteiger partial charge in [-0.1, -0.05) is 32.4 Å². The van der Waals surface area contributed by atoms with Gasteiger partial charge in [0, 0.05) is 35.8 Å². The number of ketones is 1. The zero-order valence-electron chi connectivity index (χ0n) is 33.2. The van der Waals surface area contributed by atoms with Gasteiger partial charge in [0.2, 0.25) is 17.7 Å². The van der Waals surface area contributed by atoms with E-state index in [1.165, 1.54) is 12.5 Å². The van der Waals surface area contributed by atoms with Gasteiger partial charge in [-0.3, -0.25) is 19.2 Å². The van der Waals surface area contributed by atoms with Crippen LogP contribution in [0, 0.1) is 22.2 Å². The van der Waals surface area contributed by atoms with Crippen LogP contribution in [0.25, 0.3) is 0 Å². The lowest BCUT2D eigenvalue weighted by molar-refractivity contribution is -0.153. The number of ether oxygens (including phenoxy) is 5. The van der Waals surface area contributed by atoms with Crippen LogP contribution < -0.4 is 16.0 Å². The van der Waals surface area contributed by atoms with Crippen LogP contribution in [-0.4, -0.2) is 105 Å². The molecule has 3 amide bonds. The number of carbonyl (C=O) groups is 5. The van der Waals surface area contributed by atoms with E-state index in [0.717, 1.165) is 19.3 Å². The molecule has 13 nitrogen and oxygen atoms in total. The van der Waals surface area contributed by atoms with Gasteiger partial charge < -0.3 is 39.6 Å². The predicted octanol–water partition coefficient (Wildman–Crippen LogP) is 3.71. The highest BCUT2D eigenvalue weighted by molar-refractivity contribution is 5.88. The number of hydrogen-bond acceptors (Lipinski definition) is 10. The summed E-state index contributed by atoms with van der Waals surface area (Å²) in [6, 6.07) is -1.02. The third kappa shape index (κ3) is 9.16. The smallest absolute Gasteiger partial charge is 0.328 e. The van der Waals surface area contributed by atoms with Gasteiger partial charge in [-0.2, -0.15) is 0 Å². The first-order chi connectivity index (χ1) is 24.9. The van der Waals surface area contributed by atoms with Gasteiger partial charge in [0.05, 0.1) is 37.1 Å². The Hall–Kier alpha value is -2.87. The largest absolute Gasteiger partial charge is 0.464 e. The molecule has 0 aromatic rings. The number of nitrogens with one attached hydrogen (secondary N) is 3. The molecule has 2 heterocycles. The first kappa shape index (κ1) is 41.3. The van der Waals surface area contributed by atoms with Gasteiger partial charge in [0.25, 0.3) is 0 Å². The van der Waals surface area contributed by atoms with Crippen molar-refractivity contribution in [2.24, 2.45) is 22.2 Å². The number of methoxy groups -OCH3 is 1. The van der Waals surface area contributed by atoms with Crippen molar-refractivity contribution in [1.29, 1.82) is 0 Å².